The monoisotopic (exact) mass is 490 g/mol. The molecule has 8 heteroatoms. The molecule has 1 fully saturated rings. The van der Waals surface area contributed by atoms with Crippen LogP contribution in [-0.2, 0) is 0 Å². The molecule has 0 bridgehead atoms. The van der Waals surface area contributed by atoms with Crippen LogP contribution in [0.25, 0.3) is 0 Å². The molecule has 0 aliphatic carbocycles. The van der Waals surface area contributed by atoms with E-state index in [0.29, 0.717) is 32.1 Å². The molecule has 1 aliphatic heterocycles. The molecule has 2 rings (SSSR count). The van der Waals surface area contributed by atoms with Crippen molar-refractivity contribution in [2.45, 2.75) is 18.9 Å². The highest BCUT2D eigenvalue weighted by molar-refractivity contribution is 9.11. The third-order valence-electron chi connectivity index (χ3n) is 3.51. The lowest BCUT2D eigenvalue weighted by molar-refractivity contribution is 0.0732. The van der Waals surface area contributed by atoms with Crippen molar-refractivity contribution in [1.82, 2.24) is 10.2 Å². The summed E-state index contributed by atoms with van der Waals surface area (Å²) >= 11 is 10.0. The molecule has 0 saturated carbocycles. The van der Waals surface area contributed by atoms with Gasteiger partial charge in [0.05, 0.1) is 8.95 Å². The lowest BCUT2D eigenvalue weighted by atomic mass is 10.0. The number of phenolic OH excluding ortho intramolecular Hbond substituents is 1. The van der Waals surface area contributed by atoms with Gasteiger partial charge in [0.15, 0.2) is 0 Å². The largest absolute Gasteiger partial charge is 0.506 e. The van der Waals surface area contributed by atoms with Crippen LogP contribution in [0.5, 0.6) is 5.75 Å². The van der Waals surface area contributed by atoms with Gasteiger partial charge in [-0.25, -0.2) is 8.78 Å². The second kappa shape index (κ2) is 7.68. The van der Waals surface area contributed by atoms with Crippen LogP contribution in [0.15, 0.2) is 19.5 Å². The standard InChI is InChI=1S/C13H15Br3F2N2O/c14-7-5-8(15)13(21)12(16)11(7)9(6-10(17)18)20-3-1-19-2-4-20/h5,9-10,19,21H,1-4,6H2/t9-/m1/s1. The molecule has 0 radical (unpaired) electrons. The van der Waals surface area contributed by atoms with E-state index in [2.05, 4.69) is 53.1 Å². The maximum atomic E-state index is 13.0. The maximum Gasteiger partial charge on any atom is 0.240 e. The molecule has 118 valence electrons. The van der Waals surface area contributed by atoms with Crippen LogP contribution in [0.1, 0.15) is 18.0 Å². The van der Waals surface area contributed by atoms with E-state index in [1.807, 2.05) is 4.90 Å². The maximum absolute atomic E-state index is 13.0. The molecule has 1 aliphatic rings. The van der Waals surface area contributed by atoms with Crippen molar-refractivity contribution >= 4 is 47.8 Å². The van der Waals surface area contributed by atoms with E-state index in [-0.39, 0.29) is 12.2 Å². The first-order valence-corrected chi connectivity index (χ1v) is 8.89. The molecular formula is C13H15Br3F2N2O. The smallest absolute Gasteiger partial charge is 0.240 e. The number of hydrogen-bond donors (Lipinski definition) is 2. The summed E-state index contributed by atoms with van der Waals surface area (Å²) in [6, 6.07) is 1.24. The van der Waals surface area contributed by atoms with Gasteiger partial charge in [0.2, 0.25) is 6.43 Å². The predicted molar refractivity (Wildman–Crippen MR) is 89.0 cm³/mol. The predicted octanol–water partition coefficient (Wildman–Crippen LogP) is 4.28. The van der Waals surface area contributed by atoms with Gasteiger partial charge in [0, 0.05) is 48.7 Å². The van der Waals surface area contributed by atoms with Crippen LogP contribution in [-0.4, -0.2) is 42.6 Å². The van der Waals surface area contributed by atoms with Crippen LogP contribution in [0.4, 0.5) is 8.78 Å². The first-order chi connectivity index (χ1) is 9.91. The van der Waals surface area contributed by atoms with Gasteiger partial charge < -0.3 is 10.4 Å². The number of nitrogens with zero attached hydrogens (tertiary/aromatic N) is 1. The van der Waals surface area contributed by atoms with Gasteiger partial charge in [-0.3, -0.25) is 4.90 Å². The minimum atomic E-state index is -2.41. The number of hydrogen-bond acceptors (Lipinski definition) is 3. The highest BCUT2D eigenvalue weighted by Gasteiger charge is 2.30. The summed E-state index contributed by atoms with van der Waals surface area (Å²) < 4.78 is 27.7. The Morgan fingerprint density at radius 2 is 1.81 bits per heavy atom. The van der Waals surface area contributed by atoms with Gasteiger partial charge in [-0.15, -0.1) is 0 Å². The lowest BCUT2D eigenvalue weighted by Crippen LogP contribution is -2.45. The molecule has 2 N–H and O–H groups in total. The molecular weight excluding hydrogens is 478 g/mol. The van der Waals surface area contributed by atoms with Crippen molar-refractivity contribution in [3.63, 3.8) is 0 Å². The van der Waals surface area contributed by atoms with Gasteiger partial charge in [-0.1, -0.05) is 15.9 Å². The molecule has 1 aromatic carbocycles. The number of phenols is 1. The summed E-state index contributed by atoms with van der Waals surface area (Å²) in [7, 11) is 0. The quantitative estimate of drug-likeness (QED) is 0.658. The summed E-state index contributed by atoms with van der Waals surface area (Å²) in [5, 5.41) is 13.3. The Morgan fingerprint density at radius 1 is 1.19 bits per heavy atom. The fraction of sp³-hybridized carbons (Fsp3) is 0.538. The van der Waals surface area contributed by atoms with Gasteiger partial charge >= 0.3 is 0 Å². The molecule has 0 amide bonds. The van der Waals surface area contributed by atoms with E-state index in [1.54, 1.807) is 6.07 Å². The number of piperazine rings is 1. The fourth-order valence-corrected chi connectivity index (χ4v) is 5.16. The second-order valence-electron chi connectivity index (χ2n) is 4.85. The number of alkyl halides is 2. The average Bonchev–Trinajstić information content (AvgIpc) is 2.44. The molecule has 0 aromatic heterocycles. The normalized spacial score (nSPS) is 18.2. The number of rotatable bonds is 4. The van der Waals surface area contributed by atoms with Crippen LogP contribution < -0.4 is 5.32 Å². The summed E-state index contributed by atoms with van der Waals surface area (Å²) in [5.41, 5.74) is 0.665. The third-order valence-corrected chi connectivity index (χ3v) is 5.57. The van der Waals surface area contributed by atoms with Crippen LogP contribution >= 0.6 is 47.8 Å². The van der Waals surface area contributed by atoms with Gasteiger partial charge in [-0.2, -0.15) is 0 Å². The zero-order valence-corrected chi connectivity index (χ0v) is 15.8. The number of nitrogens with one attached hydrogen (secondary N) is 1. The zero-order valence-electron chi connectivity index (χ0n) is 11.1. The number of aromatic hydroxyl groups is 1. The summed E-state index contributed by atoms with van der Waals surface area (Å²) in [6.45, 7) is 2.95. The van der Waals surface area contributed by atoms with Crippen LogP contribution in [0.2, 0.25) is 0 Å². The summed E-state index contributed by atoms with van der Waals surface area (Å²) in [5.74, 6) is 0.0302. The fourth-order valence-electron chi connectivity index (χ4n) is 2.51. The number of benzene rings is 1. The molecule has 0 spiro atoms. The van der Waals surface area contributed by atoms with E-state index < -0.39 is 12.5 Å². The Balaban J connectivity index is 2.43. The molecule has 3 nitrogen and oxygen atoms in total. The van der Waals surface area contributed by atoms with Crippen LogP contribution in [0.3, 0.4) is 0 Å². The molecule has 1 aromatic rings. The first kappa shape index (κ1) is 17.6. The highest BCUT2D eigenvalue weighted by Crippen LogP contribution is 2.45. The Morgan fingerprint density at radius 3 is 2.38 bits per heavy atom. The van der Waals surface area contributed by atoms with Crippen molar-refractivity contribution in [3.8, 4) is 5.75 Å². The van der Waals surface area contributed by atoms with Gasteiger partial charge in [-0.05, 0) is 37.9 Å². The zero-order chi connectivity index (χ0) is 15.6. The third kappa shape index (κ3) is 4.16. The van der Waals surface area contributed by atoms with Gasteiger partial charge in [0.25, 0.3) is 0 Å². The molecule has 1 heterocycles. The van der Waals surface area contributed by atoms with E-state index >= 15 is 0 Å². The van der Waals surface area contributed by atoms with Crippen molar-refractivity contribution in [3.05, 3.63) is 25.0 Å². The van der Waals surface area contributed by atoms with Crippen molar-refractivity contribution < 1.29 is 13.9 Å². The molecule has 1 saturated heterocycles. The van der Waals surface area contributed by atoms with Crippen molar-refractivity contribution in [2.75, 3.05) is 26.2 Å². The highest BCUT2D eigenvalue weighted by atomic mass is 79.9. The number of halogens is 5. The first-order valence-electron chi connectivity index (χ1n) is 6.51. The van der Waals surface area contributed by atoms with E-state index in [0.717, 1.165) is 13.1 Å². The van der Waals surface area contributed by atoms with E-state index in [1.165, 1.54) is 0 Å². The van der Waals surface area contributed by atoms with E-state index in [9.17, 15) is 13.9 Å². The van der Waals surface area contributed by atoms with Crippen molar-refractivity contribution in [2.24, 2.45) is 0 Å². The Labute approximate surface area is 147 Å². The van der Waals surface area contributed by atoms with Crippen LogP contribution in [0, 0.1) is 0 Å². The summed E-state index contributed by atoms with van der Waals surface area (Å²) in [6.07, 6.45) is -2.67. The van der Waals surface area contributed by atoms with Crippen molar-refractivity contribution in [1.29, 1.82) is 0 Å². The molecule has 1 atom stereocenters. The molecule has 0 unspecified atom stereocenters. The Hall–Kier alpha value is 0.240. The van der Waals surface area contributed by atoms with E-state index in [4.69, 9.17) is 0 Å². The summed E-state index contributed by atoms with van der Waals surface area (Å²) in [4.78, 5) is 2.03. The Kier molecular flexibility index (Phi) is 6.43. The average molecular weight is 493 g/mol. The lowest BCUT2D eigenvalue weighted by Gasteiger charge is -2.36. The SMILES string of the molecule is Oc1c(Br)cc(Br)c([C@@H](CC(F)F)N2CCNCC2)c1Br. The topological polar surface area (TPSA) is 35.5 Å². The molecule has 21 heavy (non-hydrogen) atoms. The minimum Gasteiger partial charge on any atom is -0.506 e. The van der Waals surface area contributed by atoms with Gasteiger partial charge in [0.1, 0.15) is 5.75 Å². The minimum absolute atomic E-state index is 0.0302. The second-order valence-corrected chi connectivity index (χ2v) is 7.35. The Bertz CT molecular complexity index is 511.